The molecule has 0 radical (unpaired) electrons. The van der Waals surface area contributed by atoms with Crippen molar-refractivity contribution in [3.8, 4) is 0 Å². The van der Waals surface area contributed by atoms with Crippen LogP contribution in [-0.4, -0.2) is 31.1 Å². The molecule has 2 heteroatoms. The lowest BCUT2D eigenvalue weighted by Gasteiger charge is -2.32. The van der Waals surface area contributed by atoms with Gasteiger partial charge in [-0.1, -0.05) is 38.1 Å². The third kappa shape index (κ3) is 4.05. The molecule has 1 aliphatic carbocycles. The molecular weight excluding hydrogens is 232 g/mol. The normalized spacial score (nSPS) is 18.9. The zero-order valence-electron chi connectivity index (χ0n) is 12.4. The van der Waals surface area contributed by atoms with Crippen LogP contribution in [0.25, 0.3) is 0 Å². The van der Waals surface area contributed by atoms with Crippen LogP contribution in [-0.2, 0) is 6.42 Å². The molecule has 0 fully saturated rings. The fourth-order valence-corrected chi connectivity index (χ4v) is 3.31. The fourth-order valence-electron chi connectivity index (χ4n) is 3.31. The lowest BCUT2D eigenvalue weighted by atomic mass is 9.82. The quantitative estimate of drug-likeness (QED) is 0.852. The molecule has 19 heavy (non-hydrogen) atoms. The van der Waals surface area contributed by atoms with Crippen molar-refractivity contribution in [1.82, 2.24) is 4.90 Å². The number of benzene rings is 1. The highest BCUT2D eigenvalue weighted by Gasteiger charge is 2.22. The van der Waals surface area contributed by atoms with Crippen LogP contribution in [0.15, 0.2) is 24.3 Å². The van der Waals surface area contributed by atoms with Crippen LogP contribution in [0.4, 0.5) is 0 Å². The summed E-state index contributed by atoms with van der Waals surface area (Å²) in [7, 11) is 0. The number of nitrogens with zero attached hydrogens (tertiary/aromatic N) is 1. The van der Waals surface area contributed by atoms with E-state index in [4.69, 9.17) is 5.73 Å². The summed E-state index contributed by atoms with van der Waals surface area (Å²) in [6, 6.07) is 8.99. The fraction of sp³-hybridized carbons (Fsp3) is 0.647. The summed E-state index contributed by atoms with van der Waals surface area (Å²) in [4.78, 5) is 2.55. The van der Waals surface area contributed by atoms with Gasteiger partial charge in [-0.05, 0) is 42.2 Å². The molecule has 2 nitrogen and oxygen atoms in total. The van der Waals surface area contributed by atoms with E-state index in [9.17, 15) is 0 Å². The van der Waals surface area contributed by atoms with Crippen molar-refractivity contribution in [1.29, 1.82) is 0 Å². The van der Waals surface area contributed by atoms with E-state index in [0.29, 0.717) is 11.8 Å². The molecule has 1 aromatic rings. The van der Waals surface area contributed by atoms with Gasteiger partial charge >= 0.3 is 0 Å². The van der Waals surface area contributed by atoms with Crippen molar-refractivity contribution in [3.05, 3.63) is 35.4 Å². The average Bonchev–Trinajstić information content (AvgIpc) is 2.39. The van der Waals surface area contributed by atoms with Gasteiger partial charge in [0.1, 0.15) is 0 Å². The Kier molecular flexibility index (Phi) is 5.41. The smallest absolute Gasteiger partial charge is 0.0105 e. The van der Waals surface area contributed by atoms with E-state index < -0.39 is 0 Å². The molecular formula is C17H28N2. The monoisotopic (exact) mass is 260 g/mol. The number of nitrogens with two attached hydrogens (primary N) is 1. The third-order valence-corrected chi connectivity index (χ3v) is 4.04. The van der Waals surface area contributed by atoms with Crippen molar-refractivity contribution in [2.75, 3.05) is 26.2 Å². The van der Waals surface area contributed by atoms with E-state index in [-0.39, 0.29) is 0 Å². The van der Waals surface area contributed by atoms with Gasteiger partial charge in [-0.25, -0.2) is 0 Å². The maximum Gasteiger partial charge on any atom is 0.0105 e. The molecule has 0 bridgehead atoms. The van der Waals surface area contributed by atoms with Crippen molar-refractivity contribution in [2.24, 2.45) is 11.7 Å². The van der Waals surface area contributed by atoms with Crippen molar-refractivity contribution >= 4 is 0 Å². The number of aryl methyl sites for hydroxylation is 1. The molecule has 2 rings (SSSR count). The minimum Gasteiger partial charge on any atom is -0.329 e. The molecule has 0 saturated carbocycles. The van der Waals surface area contributed by atoms with E-state index in [1.165, 1.54) is 25.8 Å². The Balaban J connectivity index is 2.05. The second-order valence-electron chi connectivity index (χ2n) is 6.23. The van der Waals surface area contributed by atoms with Crippen LogP contribution in [0.2, 0.25) is 0 Å². The standard InChI is InChI=1S/C17H28N2/c1-14(2)12-19(11-10-18)13-16-8-5-7-15-6-3-4-9-17(15)16/h3-4,6,9,14,16H,5,7-8,10-13,18H2,1-2H3. The molecule has 1 atom stereocenters. The molecule has 0 spiro atoms. The van der Waals surface area contributed by atoms with Crippen molar-refractivity contribution < 1.29 is 0 Å². The Labute approximate surface area is 118 Å². The maximum absolute atomic E-state index is 5.76. The predicted molar refractivity (Wildman–Crippen MR) is 82.5 cm³/mol. The van der Waals surface area contributed by atoms with Crippen LogP contribution in [0.1, 0.15) is 43.7 Å². The van der Waals surface area contributed by atoms with E-state index >= 15 is 0 Å². The second-order valence-corrected chi connectivity index (χ2v) is 6.23. The highest BCUT2D eigenvalue weighted by molar-refractivity contribution is 5.32. The van der Waals surface area contributed by atoms with Crippen LogP contribution in [0, 0.1) is 5.92 Å². The molecule has 0 amide bonds. The molecule has 0 aromatic heterocycles. The summed E-state index contributed by atoms with van der Waals surface area (Å²) < 4.78 is 0. The van der Waals surface area contributed by atoms with Gasteiger partial charge in [-0.3, -0.25) is 0 Å². The van der Waals surface area contributed by atoms with Crippen molar-refractivity contribution in [3.63, 3.8) is 0 Å². The Bertz CT molecular complexity index is 387. The minimum absolute atomic E-state index is 0.704. The molecule has 0 aliphatic heterocycles. The van der Waals surface area contributed by atoms with Gasteiger partial charge < -0.3 is 10.6 Å². The predicted octanol–water partition coefficient (Wildman–Crippen LogP) is 3.02. The minimum atomic E-state index is 0.704. The van der Waals surface area contributed by atoms with Crippen LogP contribution in [0.3, 0.4) is 0 Å². The van der Waals surface area contributed by atoms with E-state index in [1.807, 2.05) is 0 Å². The summed E-state index contributed by atoms with van der Waals surface area (Å²) in [5.74, 6) is 1.42. The molecule has 1 aromatic carbocycles. The molecule has 106 valence electrons. The SMILES string of the molecule is CC(C)CN(CCN)CC1CCCc2ccccc21. The molecule has 2 N–H and O–H groups in total. The van der Waals surface area contributed by atoms with E-state index in [0.717, 1.165) is 19.6 Å². The lowest BCUT2D eigenvalue weighted by molar-refractivity contribution is 0.228. The van der Waals surface area contributed by atoms with Gasteiger partial charge in [-0.2, -0.15) is 0 Å². The molecule has 1 unspecified atom stereocenters. The van der Waals surface area contributed by atoms with Crippen molar-refractivity contribution in [2.45, 2.75) is 39.0 Å². The largest absolute Gasteiger partial charge is 0.329 e. The van der Waals surface area contributed by atoms with Crippen LogP contribution in [0.5, 0.6) is 0 Å². The highest BCUT2D eigenvalue weighted by atomic mass is 15.1. The van der Waals surface area contributed by atoms with Gasteiger partial charge in [0.15, 0.2) is 0 Å². The summed E-state index contributed by atoms with van der Waals surface area (Å²) in [5.41, 5.74) is 8.91. The molecule has 0 heterocycles. The van der Waals surface area contributed by atoms with E-state index in [2.05, 4.69) is 43.0 Å². The number of hydrogen-bond donors (Lipinski definition) is 1. The van der Waals surface area contributed by atoms with Crippen LogP contribution < -0.4 is 5.73 Å². The van der Waals surface area contributed by atoms with Gasteiger partial charge in [0.25, 0.3) is 0 Å². The lowest BCUT2D eigenvalue weighted by Crippen LogP contribution is -2.36. The number of hydrogen-bond acceptors (Lipinski definition) is 2. The first-order valence-electron chi connectivity index (χ1n) is 7.71. The number of fused-ring (bicyclic) bond motifs is 1. The van der Waals surface area contributed by atoms with Gasteiger partial charge in [-0.15, -0.1) is 0 Å². The zero-order chi connectivity index (χ0) is 13.7. The first-order chi connectivity index (χ1) is 9.20. The van der Waals surface area contributed by atoms with Gasteiger partial charge in [0, 0.05) is 26.2 Å². The summed E-state index contributed by atoms with van der Waals surface area (Å²) in [6.07, 6.45) is 3.92. The third-order valence-electron chi connectivity index (χ3n) is 4.04. The average molecular weight is 260 g/mol. The first kappa shape index (κ1) is 14.5. The van der Waals surface area contributed by atoms with E-state index in [1.54, 1.807) is 11.1 Å². The zero-order valence-corrected chi connectivity index (χ0v) is 12.4. The maximum atomic E-state index is 5.76. The molecule has 0 saturated heterocycles. The molecule has 1 aliphatic rings. The topological polar surface area (TPSA) is 29.3 Å². The van der Waals surface area contributed by atoms with Gasteiger partial charge in [0.2, 0.25) is 0 Å². The Morgan fingerprint density at radius 1 is 1.32 bits per heavy atom. The van der Waals surface area contributed by atoms with Gasteiger partial charge in [0.05, 0.1) is 0 Å². The first-order valence-corrected chi connectivity index (χ1v) is 7.71. The van der Waals surface area contributed by atoms with Crippen LogP contribution >= 0.6 is 0 Å². The second kappa shape index (κ2) is 7.06. The summed E-state index contributed by atoms with van der Waals surface area (Å²) >= 11 is 0. The Morgan fingerprint density at radius 3 is 2.84 bits per heavy atom. The number of rotatable bonds is 6. The summed E-state index contributed by atoms with van der Waals surface area (Å²) in [6.45, 7) is 8.71. The summed E-state index contributed by atoms with van der Waals surface area (Å²) in [5, 5.41) is 0. The highest BCUT2D eigenvalue weighted by Crippen LogP contribution is 2.32. The Morgan fingerprint density at radius 2 is 2.11 bits per heavy atom. The Hall–Kier alpha value is -0.860.